The van der Waals surface area contributed by atoms with Gasteiger partial charge < -0.3 is 14.5 Å². The Bertz CT molecular complexity index is 1490. The lowest BCUT2D eigenvalue weighted by molar-refractivity contribution is 0.0748. The fraction of sp³-hybridized carbons (Fsp3) is 0.172. The second-order valence-corrected chi connectivity index (χ2v) is 8.88. The fourth-order valence-corrected chi connectivity index (χ4v) is 4.63. The highest BCUT2D eigenvalue weighted by atomic mass is 16.5. The highest BCUT2D eigenvalue weighted by molar-refractivity contribution is 6.07. The zero-order chi connectivity index (χ0) is 25.0. The lowest BCUT2D eigenvalue weighted by Crippen LogP contribution is -2.49. The molecular weight excluding hydrogens is 464 g/mol. The molecule has 1 fully saturated rings. The van der Waals surface area contributed by atoms with E-state index >= 15 is 0 Å². The van der Waals surface area contributed by atoms with Gasteiger partial charge in [-0.05, 0) is 29.8 Å². The van der Waals surface area contributed by atoms with E-state index in [4.69, 9.17) is 4.74 Å². The van der Waals surface area contributed by atoms with Crippen molar-refractivity contribution in [2.75, 3.05) is 31.1 Å². The van der Waals surface area contributed by atoms with E-state index in [1.165, 1.54) is 0 Å². The van der Waals surface area contributed by atoms with E-state index < -0.39 is 0 Å². The van der Waals surface area contributed by atoms with E-state index in [1.54, 1.807) is 24.7 Å². The summed E-state index contributed by atoms with van der Waals surface area (Å²) in [5.74, 6) is 2.19. The molecule has 3 aromatic heterocycles. The van der Waals surface area contributed by atoms with Gasteiger partial charge in [-0.1, -0.05) is 48.5 Å². The van der Waals surface area contributed by atoms with Gasteiger partial charge in [0.25, 0.3) is 5.91 Å². The Hall–Kier alpha value is -4.72. The van der Waals surface area contributed by atoms with Crippen molar-refractivity contribution in [3.05, 3.63) is 109 Å². The van der Waals surface area contributed by atoms with Gasteiger partial charge in [-0.25, -0.2) is 15.0 Å². The van der Waals surface area contributed by atoms with Crippen molar-refractivity contribution < 1.29 is 9.53 Å². The summed E-state index contributed by atoms with van der Waals surface area (Å²) in [6.07, 6.45) is 7.02. The maximum absolute atomic E-state index is 13.6. The van der Waals surface area contributed by atoms with Gasteiger partial charge >= 0.3 is 0 Å². The number of nitrogens with zero attached hydrogens (tertiary/aromatic N) is 6. The second kappa shape index (κ2) is 10.1. The molecule has 1 aliphatic heterocycles. The summed E-state index contributed by atoms with van der Waals surface area (Å²) < 4.78 is 7.74. The van der Waals surface area contributed by atoms with Crippen LogP contribution in [0, 0.1) is 0 Å². The summed E-state index contributed by atoms with van der Waals surface area (Å²) in [4.78, 5) is 31.0. The zero-order valence-corrected chi connectivity index (χ0v) is 20.3. The zero-order valence-electron chi connectivity index (χ0n) is 20.3. The number of carbonyl (C=O) groups is 1. The number of hydrogen-bond donors (Lipinski definition) is 0. The molecule has 1 amide bonds. The van der Waals surface area contributed by atoms with Crippen molar-refractivity contribution in [1.82, 2.24) is 24.4 Å². The number of hydrogen-bond acceptors (Lipinski definition) is 6. The summed E-state index contributed by atoms with van der Waals surface area (Å²) in [6, 6.07) is 23.6. The summed E-state index contributed by atoms with van der Waals surface area (Å²) in [5, 5.41) is 0.898. The maximum Gasteiger partial charge on any atom is 0.256 e. The molecule has 4 heterocycles. The number of rotatable bonds is 6. The minimum absolute atomic E-state index is 0.0168. The van der Waals surface area contributed by atoms with Crippen LogP contribution in [-0.4, -0.2) is 56.5 Å². The summed E-state index contributed by atoms with van der Waals surface area (Å²) in [6.45, 7) is 3.17. The number of anilines is 1. The Morgan fingerprint density at radius 2 is 1.57 bits per heavy atom. The number of benzene rings is 2. The van der Waals surface area contributed by atoms with Crippen LogP contribution in [0.15, 0.2) is 97.6 Å². The Kier molecular flexibility index (Phi) is 6.21. The molecule has 184 valence electrons. The molecule has 8 nitrogen and oxygen atoms in total. The smallest absolute Gasteiger partial charge is 0.256 e. The normalized spacial score (nSPS) is 13.6. The number of para-hydroxylation sites is 1. The van der Waals surface area contributed by atoms with Crippen molar-refractivity contribution in [1.29, 1.82) is 0 Å². The van der Waals surface area contributed by atoms with Crippen molar-refractivity contribution >= 4 is 22.6 Å². The molecule has 37 heavy (non-hydrogen) atoms. The molecule has 8 heteroatoms. The third-order valence-corrected chi connectivity index (χ3v) is 6.57. The van der Waals surface area contributed by atoms with E-state index in [9.17, 15) is 4.79 Å². The molecule has 0 atom stereocenters. The first-order valence-electron chi connectivity index (χ1n) is 12.3. The van der Waals surface area contributed by atoms with Crippen molar-refractivity contribution in [2.24, 2.45) is 0 Å². The molecule has 0 bridgehead atoms. The molecule has 1 aliphatic rings. The van der Waals surface area contributed by atoms with Crippen LogP contribution in [0.4, 0.5) is 5.82 Å². The molecule has 1 saturated heterocycles. The first kappa shape index (κ1) is 22.7. The van der Waals surface area contributed by atoms with Crippen molar-refractivity contribution in [3.8, 4) is 11.7 Å². The predicted molar refractivity (Wildman–Crippen MR) is 142 cm³/mol. The Labute approximate surface area is 214 Å². The molecule has 0 spiro atoms. The van der Waals surface area contributed by atoms with Gasteiger partial charge in [-0.3, -0.25) is 9.36 Å². The van der Waals surface area contributed by atoms with Crippen LogP contribution in [-0.2, 0) is 6.61 Å². The van der Waals surface area contributed by atoms with E-state index in [0.717, 1.165) is 28.0 Å². The third kappa shape index (κ3) is 4.73. The van der Waals surface area contributed by atoms with Gasteiger partial charge in [0.1, 0.15) is 18.2 Å². The fourth-order valence-electron chi connectivity index (χ4n) is 4.63. The summed E-state index contributed by atoms with van der Waals surface area (Å²) in [7, 11) is 0. The molecule has 2 aromatic carbocycles. The third-order valence-electron chi connectivity index (χ3n) is 6.57. The predicted octanol–water partition coefficient (Wildman–Crippen LogP) is 4.36. The van der Waals surface area contributed by atoms with Crippen molar-refractivity contribution in [2.45, 2.75) is 6.61 Å². The van der Waals surface area contributed by atoms with Crippen LogP contribution in [0.3, 0.4) is 0 Å². The topological polar surface area (TPSA) is 76.4 Å². The standard InChI is InChI=1S/C29H26N6O2/c36-28(25-20-35(29-30-13-6-14-31-29)26-10-5-4-9-24(25)26)34-17-15-33(16-18-34)27-12-11-23(19-32-27)37-21-22-7-2-1-3-8-22/h1-14,19-20H,15-18,21H2. The number of piperazine rings is 1. The average molecular weight is 491 g/mol. The Morgan fingerprint density at radius 1 is 0.811 bits per heavy atom. The summed E-state index contributed by atoms with van der Waals surface area (Å²) in [5.41, 5.74) is 2.69. The second-order valence-electron chi connectivity index (χ2n) is 8.88. The lowest BCUT2D eigenvalue weighted by Gasteiger charge is -2.35. The van der Waals surface area contributed by atoms with Gasteiger partial charge in [0, 0.05) is 50.2 Å². The van der Waals surface area contributed by atoms with Gasteiger partial charge in [0.2, 0.25) is 5.95 Å². The molecule has 0 aliphatic carbocycles. The maximum atomic E-state index is 13.6. The number of ether oxygens (including phenoxy) is 1. The number of fused-ring (bicyclic) bond motifs is 1. The van der Waals surface area contributed by atoms with Crippen LogP contribution in [0.1, 0.15) is 15.9 Å². The number of carbonyl (C=O) groups excluding carboxylic acids is 1. The van der Waals surface area contributed by atoms with Crippen molar-refractivity contribution in [3.63, 3.8) is 0 Å². The molecule has 0 unspecified atom stereocenters. The monoisotopic (exact) mass is 490 g/mol. The molecular formula is C29H26N6O2. The quantitative estimate of drug-likeness (QED) is 0.352. The van der Waals surface area contributed by atoms with Crippen LogP contribution in [0.2, 0.25) is 0 Å². The molecule has 0 saturated carbocycles. The molecule has 5 aromatic rings. The molecule has 0 N–H and O–H groups in total. The highest BCUT2D eigenvalue weighted by Crippen LogP contribution is 2.26. The van der Waals surface area contributed by atoms with E-state index in [1.807, 2.05) is 82.4 Å². The minimum atomic E-state index is 0.0168. The Balaban J connectivity index is 1.12. The Morgan fingerprint density at radius 3 is 2.32 bits per heavy atom. The van der Waals surface area contributed by atoms with Crippen LogP contribution in [0.25, 0.3) is 16.9 Å². The minimum Gasteiger partial charge on any atom is -0.487 e. The van der Waals surface area contributed by atoms with Crippen LogP contribution < -0.4 is 9.64 Å². The van der Waals surface area contributed by atoms with Crippen LogP contribution in [0.5, 0.6) is 5.75 Å². The van der Waals surface area contributed by atoms with Gasteiger partial charge in [-0.2, -0.15) is 0 Å². The first-order chi connectivity index (χ1) is 18.3. The number of aromatic nitrogens is 4. The van der Waals surface area contributed by atoms with Gasteiger partial charge in [-0.15, -0.1) is 0 Å². The molecule has 6 rings (SSSR count). The molecule has 0 radical (unpaired) electrons. The largest absolute Gasteiger partial charge is 0.487 e. The van der Waals surface area contributed by atoms with E-state index in [0.29, 0.717) is 44.3 Å². The van der Waals surface area contributed by atoms with E-state index in [2.05, 4.69) is 19.9 Å². The van der Waals surface area contributed by atoms with E-state index in [-0.39, 0.29) is 5.91 Å². The average Bonchev–Trinajstić information content (AvgIpc) is 3.37. The SMILES string of the molecule is O=C(c1cn(-c2ncccn2)c2ccccc12)N1CCN(c2ccc(OCc3ccccc3)cn2)CC1. The van der Waals surface area contributed by atoms with Gasteiger partial charge in [0.05, 0.1) is 17.3 Å². The highest BCUT2D eigenvalue weighted by Gasteiger charge is 2.26. The van der Waals surface area contributed by atoms with Gasteiger partial charge in [0.15, 0.2) is 0 Å². The lowest BCUT2D eigenvalue weighted by atomic mass is 10.1. The summed E-state index contributed by atoms with van der Waals surface area (Å²) >= 11 is 0. The van der Waals surface area contributed by atoms with Crippen LogP contribution >= 0.6 is 0 Å². The number of amides is 1. The number of pyridine rings is 1. The first-order valence-corrected chi connectivity index (χ1v) is 12.3.